The van der Waals surface area contributed by atoms with Crippen LogP contribution in [0.25, 0.3) is 0 Å². The van der Waals surface area contributed by atoms with E-state index in [4.69, 9.17) is 9.84 Å². The minimum atomic E-state index is -0.00881. The van der Waals surface area contributed by atoms with Crippen molar-refractivity contribution in [3.8, 4) is 5.75 Å². The first-order valence-electron chi connectivity index (χ1n) is 9.05. The number of nitrogens with one attached hydrogen (secondary N) is 1. The van der Waals surface area contributed by atoms with Crippen LogP contribution in [0.4, 0.5) is 0 Å². The summed E-state index contributed by atoms with van der Waals surface area (Å²) in [4.78, 5) is 13.9. The third-order valence-electron chi connectivity index (χ3n) is 4.50. The summed E-state index contributed by atoms with van der Waals surface area (Å²) in [5.41, 5.74) is 1.30. The minimum Gasteiger partial charge on any atom is -0.494 e. The zero-order valence-corrected chi connectivity index (χ0v) is 14.7. The Balaban J connectivity index is 1.69. The van der Waals surface area contributed by atoms with Crippen LogP contribution in [-0.2, 0) is 4.79 Å². The number of carbonyl (C=O) groups is 1. The van der Waals surface area contributed by atoms with E-state index in [1.54, 1.807) is 0 Å². The Hall–Kier alpha value is -1.59. The molecular formula is C19H30N2O3. The van der Waals surface area contributed by atoms with Crippen molar-refractivity contribution in [1.82, 2.24) is 10.2 Å². The summed E-state index contributed by atoms with van der Waals surface area (Å²) in [6.45, 7) is 5.87. The molecule has 0 saturated carbocycles. The number of rotatable bonds is 10. The molecule has 1 fully saturated rings. The van der Waals surface area contributed by atoms with Crippen LogP contribution in [-0.4, -0.2) is 48.8 Å². The van der Waals surface area contributed by atoms with Gasteiger partial charge in [-0.05, 0) is 63.4 Å². The number of benzene rings is 1. The molecule has 5 heteroatoms. The van der Waals surface area contributed by atoms with Crippen LogP contribution in [0, 0.1) is 0 Å². The van der Waals surface area contributed by atoms with Crippen molar-refractivity contribution in [2.75, 3.05) is 32.8 Å². The van der Waals surface area contributed by atoms with Gasteiger partial charge >= 0.3 is 0 Å². The van der Waals surface area contributed by atoms with Gasteiger partial charge in [-0.1, -0.05) is 12.1 Å². The van der Waals surface area contributed by atoms with Gasteiger partial charge in [-0.3, -0.25) is 9.69 Å². The van der Waals surface area contributed by atoms with Gasteiger partial charge in [-0.2, -0.15) is 0 Å². The largest absolute Gasteiger partial charge is 0.494 e. The summed E-state index contributed by atoms with van der Waals surface area (Å²) >= 11 is 0. The topological polar surface area (TPSA) is 61.8 Å². The van der Waals surface area contributed by atoms with E-state index >= 15 is 0 Å². The molecule has 0 radical (unpaired) electrons. The quantitative estimate of drug-likeness (QED) is 0.646. The minimum absolute atomic E-state index is 0.00881. The van der Waals surface area contributed by atoms with Crippen molar-refractivity contribution < 1.29 is 14.6 Å². The van der Waals surface area contributed by atoms with Crippen LogP contribution >= 0.6 is 0 Å². The fourth-order valence-corrected chi connectivity index (χ4v) is 3.02. The predicted octanol–water partition coefficient (Wildman–Crippen LogP) is 2.50. The highest BCUT2D eigenvalue weighted by molar-refractivity contribution is 5.75. The summed E-state index contributed by atoms with van der Waals surface area (Å²) in [5.74, 6) is 0.885. The molecule has 24 heavy (non-hydrogen) atoms. The van der Waals surface area contributed by atoms with E-state index in [1.807, 2.05) is 12.1 Å². The number of carbonyl (C=O) groups excluding carboxylic acids is 1. The second-order valence-corrected chi connectivity index (χ2v) is 6.37. The average molecular weight is 334 g/mol. The average Bonchev–Trinajstić information content (AvgIpc) is 3.14. The van der Waals surface area contributed by atoms with Crippen molar-refractivity contribution in [3.05, 3.63) is 29.8 Å². The number of likely N-dealkylation sites (tertiary alicyclic amines) is 1. The third-order valence-corrected chi connectivity index (χ3v) is 4.50. The Labute approximate surface area is 145 Å². The Bertz CT molecular complexity index is 501. The standard InChI is InChI=1S/C19H30N2O3/c1-16(21-11-2-3-12-21)17-7-4-8-18(15-17)24-14-6-10-20-19(23)9-5-13-22/h4,7-8,15-16,22H,2-3,5-6,9-14H2,1H3,(H,20,23). The van der Waals surface area contributed by atoms with Crippen LogP contribution in [0.5, 0.6) is 5.75 Å². The molecule has 1 aliphatic rings. The van der Waals surface area contributed by atoms with E-state index in [9.17, 15) is 4.79 Å². The molecule has 1 atom stereocenters. The SMILES string of the molecule is CC(c1cccc(OCCCNC(=O)CCCO)c1)N1CCCC1. The molecule has 1 aromatic carbocycles. The summed E-state index contributed by atoms with van der Waals surface area (Å²) in [7, 11) is 0. The molecule has 1 aromatic rings. The molecule has 1 aliphatic heterocycles. The van der Waals surface area contributed by atoms with E-state index < -0.39 is 0 Å². The zero-order chi connectivity index (χ0) is 17.2. The first-order chi connectivity index (χ1) is 11.7. The van der Waals surface area contributed by atoms with Crippen molar-refractivity contribution >= 4 is 5.91 Å². The molecule has 1 unspecified atom stereocenters. The lowest BCUT2D eigenvalue weighted by atomic mass is 10.1. The fourth-order valence-electron chi connectivity index (χ4n) is 3.02. The Morgan fingerprint density at radius 2 is 2.12 bits per heavy atom. The second-order valence-electron chi connectivity index (χ2n) is 6.37. The molecule has 1 amide bonds. The van der Waals surface area contributed by atoms with E-state index in [-0.39, 0.29) is 12.5 Å². The van der Waals surface area contributed by atoms with Crippen molar-refractivity contribution in [2.24, 2.45) is 0 Å². The highest BCUT2D eigenvalue weighted by Gasteiger charge is 2.19. The molecule has 1 heterocycles. The van der Waals surface area contributed by atoms with Crippen LogP contribution in [0.15, 0.2) is 24.3 Å². The normalized spacial score (nSPS) is 16.1. The molecule has 2 N–H and O–H groups in total. The molecule has 0 bridgehead atoms. The molecule has 0 spiro atoms. The maximum atomic E-state index is 11.4. The van der Waals surface area contributed by atoms with Gasteiger partial charge < -0.3 is 15.2 Å². The molecule has 1 saturated heterocycles. The number of hydrogen-bond acceptors (Lipinski definition) is 4. The lowest BCUT2D eigenvalue weighted by Gasteiger charge is -2.24. The molecule has 134 valence electrons. The van der Waals surface area contributed by atoms with Gasteiger partial charge in [-0.25, -0.2) is 0 Å². The number of hydrogen-bond donors (Lipinski definition) is 2. The molecule has 2 rings (SSSR count). The van der Waals surface area contributed by atoms with Crippen LogP contribution < -0.4 is 10.1 Å². The maximum Gasteiger partial charge on any atom is 0.220 e. The van der Waals surface area contributed by atoms with E-state index in [0.717, 1.165) is 12.2 Å². The summed E-state index contributed by atoms with van der Waals surface area (Å²) < 4.78 is 5.81. The van der Waals surface area contributed by atoms with E-state index in [0.29, 0.717) is 32.0 Å². The van der Waals surface area contributed by atoms with Crippen molar-refractivity contribution in [2.45, 2.75) is 45.1 Å². The predicted molar refractivity (Wildman–Crippen MR) is 95.1 cm³/mol. The van der Waals surface area contributed by atoms with Gasteiger partial charge in [0.15, 0.2) is 0 Å². The first kappa shape index (κ1) is 18.7. The second kappa shape index (κ2) is 10.3. The summed E-state index contributed by atoms with van der Waals surface area (Å²) in [5, 5.41) is 11.5. The highest BCUT2D eigenvalue weighted by Crippen LogP contribution is 2.26. The highest BCUT2D eigenvalue weighted by atomic mass is 16.5. The van der Waals surface area contributed by atoms with E-state index in [2.05, 4.69) is 29.3 Å². The van der Waals surface area contributed by atoms with Gasteiger partial charge in [0.25, 0.3) is 0 Å². The lowest BCUT2D eigenvalue weighted by molar-refractivity contribution is -0.121. The number of ether oxygens (including phenoxy) is 1. The molecule has 0 aliphatic carbocycles. The monoisotopic (exact) mass is 334 g/mol. The lowest BCUT2D eigenvalue weighted by Crippen LogP contribution is -2.25. The van der Waals surface area contributed by atoms with Gasteiger partial charge in [0, 0.05) is 25.6 Å². The molecule has 5 nitrogen and oxygen atoms in total. The van der Waals surface area contributed by atoms with Crippen LogP contribution in [0.1, 0.15) is 50.6 Å². The van der Waals surface area contributed by atoms with Gasteiger partial charge in [0.2, 0.25) is 5.91 Å². The molecule has 0 aromatic heterocycles. The van der Waals surface area contributed by atoms with Crippen LogP contribution in [0.3, 0.4) is 0 Å². The first-order valence-corrected chi connectivity index (χ1v) is 9.05. The fraction of sp³-hybridized carbons (Fsp3) is 0.632. The third kappa shape index (κ3) is 6.13. The van der Waals surface area contributed by atoms with Gasteiger partial charge in [-0.15, -0.1) is 0 Å². The number of aliphatic hydroxyl groups is 1. The Morgan fingerprint density at radius 3 is 2.88 bits per heavy atom. The van der Waals surface area contributed by atoms with E-state index in [1.165, 1.54) is 31.5 Å². The number of nitrogens with zero attached hydrogens (tertiary/aromatic N) is 1. The number of aliphatic hydroxyl groups excluding tert-OH is 1. The summed E-state index contributed by atoms with van der Waals surface area (Å²) in [6, 6.07) is 8.76. The Morgan fingerprint density at radius 1 is 1.33 bits per heavy atom. The molecular weight excluding hydrogens is 304 g/mol. The summed E-state index contributed by atoms with van der Waals surface area (Å²) in [6.07, 6.45) is 4.27. The zero-order valence-electron chi connectivity index (χ0n) is 14.7. The smallest absolute Gasteiger partial charge is 0.220 e. The maximum absolute atomic E-state index is 11.4. The Kier molecular flexibility index (Phi) is 8.05. The van der Waals surface area contributed by atoms with Gasteiger partial charge in [0.1, 0.15) is 5.75 Å². The number of amides is 1. The van der Waals surface area contributed by atoms with Gasteiger partial charge in [0.05, 0.1) is 6.61 Å². The van der Waals surface area contributed by atoms with Crippen LogP contribution in [0.2, 0.25) is 0 Å². The van der Waals surface area contributed by atoms with Crippen molar-refractivity contribution in [3.63, 3.8) is 0 Å². The van der Waals surface area contributed by atoms with Crippen molar-refractivity contribution in [1.29, 1.82) is 0 Å².